The molecule has 6 heteroatoms. The molecule has 0 amide bonds. The Labute approximate surface area is 104 Å². The van der Waals surface area contributed by atoms with E-state index in [1.54, 1.807) is 0 Å². The molecule has 5 nitrogen and oxygen atoms in total. The molecule has 1 saturated heterocycles. The van der Waals surface area contributed by atoms with Crippen LogP contribution in [0.25, 0.3) is 0 Å². The van der Waals surface area contributed by atoms with Gasteiger partial charge in [0.1, 0.15) is 5.54 Å². The van der Waals surface area contributed by atoms with Gasteiger partial charge in [-0.25, -0.2) is 8.42 Å². The summed E-state index contributed by atoms with van der Waals surface area (Å²) in [6, 6.07) is 2.30. The number of sulfone groups is 1. The predicted octanol–water partition coefficient (Wildman–Crippen LogP) is -0.00292. The molecule has 0 radical (unpaired) electrons. The average Bonchev–Trinajstić information content (AvgIpc) is 2.59. The third-order valence-electron chi connectivity index (χ3n) is 3.21. The first-order chi connectivity index (χ1) is 7.82. The Morgan fingerprint density at radius 3 is 2.65 bits per heavy atom. The zero-order valence-corrected chi connectivity index (χ0v) is 11.5. The number of nitrogens with one attached hydrogen (secondary N) is 1. The average molecular weight is 259 g/mol. The van der Waals surface area contributed by atoms with E-state index >= 15 is 0 Å². The fraction of sp³-hybridized carbons (Fsp3) is 0.909. The maximum atomic E-state index is 11.4. The summed E-state index contributed by atoms with van der Waals surface area (Å²) in [6.07, 6.45) is 0.673. The lowest BCUT2D eigenvalue weighted by Gasteiger charge is -2.31. The summed E-state index contributed by atoms with van der Waals surface area (Å²) in [4.78, 5) is 1.98. The molecule has 1 N–H and O–H groups in total. The van der Waals surface area contributed by atoms with Crippen molar-refractivity contribution in [1.82, 2.24) is 10.2 Å². The first-order valence-electron chi connectivity index (χ1n) is 5.89. The molecule has 2 unspecified atom stereocenters. The monoisotopic (exact) mass is 259 g/mol. The molecule has 1 aliphatic heterocycles. The molecule has 0 aromatic carbocycles. The van der Waals surface area contributed by atoms with Gasteiger partial charge in [-0.15, -0.1) is 0 Å². The quantitative estimate of drug-likeness (QED) is 0.752. The highest BCUT2D eigenvalue weighted by atomic mass is 32.2. The Kier molecular flexibility index (Phi) is 4.53. The molecular formula is C11H21N3O2S. The summed E-state index contributed by atoms with van der Waals surface area (Å²) in [7, 11) is -0.973. The summed E-state index contributed by atoms with van der Waals surface area (Å²) in [5.74, 6) is 0.490. The highest BCUT2D eigenvalue weighted by Gasteiger charge is 2.34. The second kappa shape index (κ2) is 5.34. The lowest BCUT2D eigenvalue weighted by molar-refractivity contribution is 0.212. The van der Waals surface area contributed by atoms with E-state index in [0.717, 1.165) is 6.54 Å². The standard InChI is InChI=1S/C11H21N3O2S/c1-4-13-11(2,8-12)9-14(3)10-5-6-17(15,16)7-10/h10,13H,4-7,9H2,1-3H3. The van der Waals surface area contributed by atoms with E-state index in [9.17, 15) is 8.42 Å². The van der Waals surface area contributed by atoms with Crippen LogP contribution in [0.15, 0.2) is 0 Å². The lowest BCUT2D eigenvalue weighted by Crippen LogP contribution is -2.51. The number of rotatable bonds is 5. The van der Waals surface area contributed by atoms with Crippen molar-refractivity contribution >= 4 is 9.84 Å². The highest BCUT2D eigenvalue weighted by Crippen LogP contribution is 2.18. The zero-order valence-electron chi connectivity index (χ0n) is 10.7. The molecule has 17 heavy (non-hydrogen) atoms. The molecule has 0 aliphatic carbocycles. The Balaban J connectivity index is 2.61. The van der Waals surface area contributed by atoms with Crippen molar-refractivity contribution in [2.24, 2.45) is 0 Å². The minimum absolute atomic E-state index is 0.0475. The number of likely N-dealkylation sites (N-methyl/N-ethyl adjacent to an activating group) is 2. The van der Waals surface area contributed by atoms with E-state index in [4.69, 9.17) is 5.26 Å². The van der Waals surface area contributed by atoms with Crippen molar-refractivity contribution in [1.29, 1.82) is 5.26 Å². The Morgan fingerprint density at radius 1 is 1.59 bits per heavy atom. The van der Waals surface area contributed by atoms with Gasteiger partial charge in [0.2, 0.25) is 0 Å². The third-order valence-corrected chi connectivity index (χ3v) is 4.96. The van der Waals surface area contributed by atoms with E-state index in [0.29, 0.717) is 13.0 Å². The zero-order chi connectivity index (χ0) is 13.1. The SMILES string of the molecule is CCNC(C)(C#N)CN(C)C1CCS(=O)(=O)C1. The molecule has 1 fully saturated rings. The third kappa shape index (κ3) is 3.95. The van der Waals surface area contributed by atoms with Gasteiger partial charge in [0.25, 0.3) is 0 Å². The molecule has 0 saturated carbocycles. The largest absolute Gasteiger partial charge is 0.299 e. The van der Waals surface area contributed by atoms with E-state index in [1.165, 1.54) is 0 Å². The van der Waals surface area contributed by atoms with Crippen LogP contribution in [-0.4, -0.2) is 56.5 Å². The van der Waals surface area contributed by atoms with Crippen molar-refractivity contribution in [3.63, 3.8) is 0 Å². The molecule has 0 aromatic heterocycles. The van der Waals surface area contributed by atoms with Gasteiger partial charge in [-0.1, -0.05) is 6.92 Å². The first kappa shape index (κ1) is 14.4. The molecule has 0 spiro atoms. The second-order valence-electron chi connectivity index (χ2n) is 4.95. The van der Waals surface area contributed by atoms with Gasteiger partial charge in [0.15, 0.2) is 9.84 Å². The van der Waals surface area contributed by atoms with Crippen LogP contribution in [0, 0.1) is 11.3 Å². The number of hydrogen-bond acceptors (Lipinski definition) is 5. The van der Waals surface area contributed by atoms with Crippen molar-refractivity contribution < 1.29 is 8.42 Å². The van der Waals surface area contributed by atoms with Crippen LogP contribution in [-0.2, 0) is 9.84 Å². The summed E-state index contributed by atoms with van der Waals surface area (Å²) in [5, 5.41) is 12.3. The Hall–Kier alpha value is -0.640. The summed E-state index contributed by atoms with van der Waals surface area (Å²) in [5.41, 5.74) is -0.615. The van der Waals surface area contributed by atoms with E-state index in [2.05, 4.69) is 11.4 Å². The molecule has 1 rings (SSSR count). The van der Waals surface area contributed by atoms with Gasteiger partial charge in [0, 0.05) is 12.6 Å². The minimum atomic E-state index is -2.86. The van der Waals surface area contributed by atoms with E-state index in [-0.39, 0.29) is 17.5 Å². The van der Waals surface area contributed by atoms with E-state index < -0.39 is 15.4 Å². The van der Waals surface area contributed by atoms with Crippen molar-refractivity contribution in [3.8, 4) is 6.07 Å². The van der Waals surface area contributed by atoms with Crippen molar-refractivity contribution in [3.05, 3.63) is 0 Å². The van der Waals surface area contributed by atoms with Crippen LogP contribution in [0.5, 0.6) is 0 Å². The fourth-order valence-corrected chi connectivity index (χ4v) is 4.08. The van der Waals surface area contributed by atoms with Crippen LogP contribution in [0.3, 0.4) is 0 Å². The Morgan fingerprint density at radius 2 is 2.24 bits per heavy atom. The maximum Gasteiger partial charge on any atom is 0.151 e. The molecule has 0 aromatic rings. The number of hydrogen-bond donors (Lipinski definition) is 1. The van der Waals surface area contributed by atoms with Crippen LogP contribution < -0.4 is 5.32 Å². The minimum Gasteiger partial charge on any atom is -0.299 e. The Bertz CT molecular complexity index is 401. The van der Waals surface area contributed by atoms with Gasteiger partial charge >= 0.3 is 0 Å². The van der Waals surface area contributed by atoms with Gasteiger partial charge in [-0.2, -0.15) is 5.26 Å². The summed E-state index contributed by atoms with van der Waals surface area (Å²) in [6.45, 7) is 5.06. The molecule has 98 valence electrons. The summed E-state index contributed by atoms with van der Waals surface area (Å²) < 4.78 is 22.8. The highest BCUT2D eigenvalue weighted by molar-refractivity contribution is 7.91. The molecule has 2 atom stereocenters. The van der Waals surface area contributed by atoms with Crippen LogP contribution >= 0.6 is 0 Å². The van der Waals surface area contributed by atoms with Crippen molar-refractivity contribution in [2.75, 3.05) is 31.6 Å². The van der Waals surface area contributed by atoms with Crippen molar-refractivity contribution in [2.45, 2.75) is 31.8 Å². The van der Waals surface area contributed by atoms with Gasteiger partial charge < -0.3 is 0 Å². The van der Waals surface area contributed by atoms with Crippen LogP contribution in [0.4, 0.5) is 0 Å². The smallest absolute Gasteiger partial charge is 0.151 e. The molecule has 1 heterocycles. The normalized spacial score (nSPS) is 26.6. The summed E-state index contributed by atoms with van der Waals surface area (Å²) >= 11 is 0. The second-order valence-corrected chi connectivity index (χ2v) is 7.17. The fourth-order valence-electron chi connectivity index (χ4n) is 2.27. The maximum absolute atomic E-state index is 11.4. The first-order valence-corrected chi connectivity index (χ1v) is 7.71. The lowest BCUT2D eigenvalue weighted by atomic mass is 10.0. The molecule has 1 aliphatic rings. The van der Waals surface area contributed by atoms with Gasteiger partial charge in [0.05, 0.1) is 17.6 Å². The van der Waals surface area contributed by atoms with Crippen LogP contribution in [0.2, 0.25) is 0 Å². The molecular weight excluding hydrogens is 238 g/mol. The van der Waals surface area contributed by atoms with Crippen LogP contribution in [0.1, 0.15) is 20.3 Å². The number of nitrogens with zero attached hydrogens (tertiary/aromatic N) is 2. The van der Waals surface area contributed by atoms with Gasteiger partial charge in [-0.3, -0.25) is 10.2 Å². The number of nitriles is 1. The molecule has 0 bridgehead atoms. The predicted molar refractivity (Wildman–Crippen MR) is 67.4 cm³/mol. The topological polar surface area (TPSA) is 73.2 Å². The van der Waals surface area contributed by atoms with Gasteiger partial charge in [-0.05, 0) is 26.9 Å². The van der Waals surface area contributed by atoms with E-state index in [1.807, 2.05) is 25.8 Å².